The molecule has 1 aliphatic heterocycles. The number of nitrogens with zero attached hydrogens (tertiary/aromatic N) is 3. The molecule has 1 aromatic rings. The molecule has 1 aromatic heterocycles. The minimum absolute atomic E-state index is 0.394. The van der Waals surface area contributed by atoms with Crippen molar-refractivity contribution in [3.63, 3.8) is 0 Å². The number of morpholine rings is 1. The standard InChI is InChI=1S/C12H22N4OS/c1-3-4-11-14-12(18-15-11)13-10(2)9-16-5-7-17-8-6-16/h10H,3-9H2,1-2H3,(H,13,14,15). The minimum Gasteiger partial charge on any atom is -0.379 e. The molecule has 0 aromatic carbocycles. The molecule has 1 fully saturated rings. The molecular formula is C12H22N4OS. The Bertz CT molecular complexity index is 352. The Hall–Kier alpha value is -0.720. The second-order valence-electron chi connectivity index (χ2n) is 4.72. The highest BCUT2D eigenvalue weighted by atomic mass is 32.1. The summed E-state index contributed by atoms with van der Waals surface area (Å²) >= 11 is 1.46. The Morgan fingerprint density at radius 3 is 2.94 bits per heavy atom. The third kappa shape index (κ3) is 4.19. The summed E-state index contributed by atoms with van der Waals surface area (Å²) in [6, 6.07) is 0.394. The fourth-order valence-electron chi connectivity index (χ4n) is 2.07. The van der Waals surface area contributed by atoms with Crippen LogP contribution in [0.4, 0.5) is 5.13 Å². The Morgan fingerprint density at radius 1 is 1.44 bits per heavy atom. The van der Waals surface area contributed by atoms with Gasteiger partial charge in [-0.2, -0.15) is 4.37 Å². The normalized spacial score (nSPS) is 18.8. The first-order chi connectivity index (χ1) is 8.78. The summed E-state index contributed by atoms with van der Waals surface area (Å²) in [6.07, 6.45) is 2.07. The minimum atomic E-state index is 0.394. The number of anilines is 1. The maximum absolute atomic E-state index is 5.35. The molecule has 6 heteroatoms. The predicted molar refractivity (Wildman–Crippen MR) is 74.2 cm³/mol. The van der Waals surface area contributed by atoms with Gasteiger partial charge in [0.1, 0.15) is 5.82 Å². The van der Waals surface area contributed by atoms with Crippen LogP contribution in [0.15, 0.2) is 0 Å². The highest BCUT2D eigenvalue weighted by Gasteiger charge is 2.14. The maximum atomic E-state index is 5.35. The second-order valence-corrected chi connectivity index (χ2v) is 5.48. The van der Waals surface area contributed by atoms with E-state index in [0.29, 0.717) is 6.04 Å². The van der Waals surface area contributed by atoms with Crippen molar-refractivity contribution in [1.82, 2.24) is 14.3 Å². The summed E-state index contributed by atoms with van der Waals surface area (Å²) in [4.78, 5) is 6.91. The molecule has 0 aliphatic carbocycles. The summed E-state index contributed by atoms with van der Waals surface area (Å²) in [5.74, 6) is 0.962. The van der Waals surface area contributed by atoms with E-state index in [4.69, 9.17) is 4.74 Å². The monoisotopic (exact) mass is 270 g/mol. The Morgan fingerprint density at radius 2 is 2.22 bits per heavy atom. The Labute approximate surface area is 113 Å². The maximum Gasteiger partial charge on any atom is 0.202 e. The molecule has 1 N–H and O–H groups in total. The average Bonchev–Trinajstić information content (AvgIpc) is 2.78. The molecule has 1 saturated heterocycles. The molecule has 1 aliphatic rings. The predicted octanol–water partition coefficient (Wildman–Crippen LogP) is 1.62. The van der Waals surface area contributed by atoms with E-state index in [1.54, 1.807) is 0 Å². The van der Waals surface area contributed by atoms with Gasteiger partial charge in [-0.3, -0.25) is 4.90 Å². The van der Waals surface area contributed by atoms with Crippen molar-refractivity contribution < 1.29 is 4.74 Å². The quantitative estimate of drug-likeness (QED) is 0.851. The lowest BCUT2D eigenvalue weighted by molar-refractivity contribution is 0.0368. The molecule has 2 rings (SSSR count). The molecule has 0 radical (unpaired) electrons. The van der Waals surface area contributed by atoms with Crippen molar-refractivity contribution in [3.8, 4) is 0 Å². The van der Waals surface area contributed by atoms with Gasteiger partial charge in [-0.25, -0.2) is 4.98 Å². The zero-order chi connectivity index (χ0) is 12.8. The number of rotatable bonds is 6. The van der Waals surface area contributed by atoms with Gasteiger partial charge < -0.3 is 10.1 Å². The van der Waals surface area contributed by atoms with Crippen molar-refractivity contribution in [2.24, 2.45) is 0 Å². The van der Waals surface area contributed by atoms with E-state index in [9.17, 15) is 0 Å². The van der Waals surface area contributed by atoms with E-state index < -0.39 is 0 Å². The first kappa shape index (κ1) is 13.7. The number of hydrogen-bond donors (Lipinski definition) is 1. The lowest BCUT2D eigenvalue weighted by Crippen LogP contribution is -2.42. The van der Waals surface area contributed by atoms with E-state index in [-0.39, 0.29) is 0 Å². The summed E-state index contributed by atoms with van der Waals surface area (Å²) in [5.41, 5.74) is 0. The van der Waals surface area contributed by atoms with Crippen LogP contribution in [0.3, 0.4) is 0 Å². The molecule has 102 valence electrons. The van der Waals surface area contributed by atoms with Crippen LogP contribution in [-0.2, 0) is 11.2 Å². The van der Waals surface area contributed by atoms with Gasteiger partial charge >= 0.3 is 0 Å². The smallest absolute Gasteiger partial charge is 0.202 e. The van der Waals surface area contributed by atoms with Crippen molar-refractivity contribution in [1.29, 1.82) is 0 Å². The molecule has 0 amide bonds. The second kappa shape index (κ2) is 7.01. The van der Waals surface area contributed by atoms with Crippen molar-refractivity contribution in [2.45, 2.75) is 32.7 Å². The van der Waals surface area contributed by atoms with E-state index in [2.05, 4.69) is 33.4 Å². The summed E-state index contributed by atoms with van der Waals surface area (Å²) in [6.45, 7) is 9.14. The number of aromatic nitrogens is 2. The van der Waals surface area contributed by atoms with E-state index in [1.165, 1.54) is 11.5 Å². The summed E-state index contributed by atoms with van der Waals surface area (Å²) < 4.78 is 9.69. The van der Waals surface area contributed by atoms with Crippen LogP contribution in [0.1, 0.15) is 26.1 Å². The number of aryl methyl sites for hydroxylation is 1. The molecule has 18 heavy (non-hydrogen) atoms. The summed E-state index contributed by atoms with van der Waals surface area (Å²) in [5, 5.41) is 4.37. The molecule has 1 unspecified atom stereocenters. The number of ether oxygens (including phenoxy) is 1. The molecule has 0 spiro atoms. The number of nitrogens with one attached hydrogen (secondary N) is 1. The molecule has 2 heterocycles. The zero-order valence-electron chi connectivity index (χ0n) is 11.2. The lowest BCUT2D eigenvalue weighted by Gasteiger charge is -2.29. The topological polar surface area (TPSA) is 50.3 Å². The third-order valence-electron chi connectivity index (χ3n) is 2.95. The van der Waals surface area contributed by atoms with Gasteiger partial charge in [-0.15, -0.1) is 0 Å². The molecular weight excluding hydrogens is 248 g/mol. The van der Waals surface area contributed by atoms with Crippen LogP contribution < -0.4 is 5.32 Å². The van der Waals surface area contributed by atoms with Gasteiger partial charge in [0.25, 0.3) is 0 Å². The molecule has 5 nitrogen and oxygen atoms in total. The van der Waals surface area contributed by atoms with Gasteiger partial charge in [-0.05, 0) is 13.3 Å². The SMILES string of the molecule is CCCc1nsc(NC(C)CN2CCOCC2)n1. The van der Waals surface area contributed by atoms with E-state index >= 15 is 0 Å². The third-order valence-corrected chi connectivity index (χ3v) is 3.63. The first-order valence-corrected chi connectivity index (χ1v) is 7.44. The molecule has 1 atom stereocenters. The first-order valence-electron chi connectivity index (χ1n) is 6.67. The van der Waals surface area contributed by atoms with Gasteiger partial charge in [0.2, 0.25) is 5.13 Å². The van der Waals surface area contributed by atoms with Crippen LogP contribution in [0, 0.1) is 0 Å². The average molecular weight is 270 g/mol. The van der Waals surface area contributed by atoms with Crippen LogP contribution in [0.25, 0.3) is 0 Å². The molecule has 0 bridgehead atoms. The van der Waals surface area contributed by atoms with Crippen molar-refractivity contribution in [3.05, 3.63) is 5.82 Å². The van der Waals surface area contributed by atoms with Crippen LogP contribution in [0.5, 0.6) is 0 Å². The number of hydrogen-bond acceptors (Lipinski definition) is 6. The van der Waals surface area contributed by atoms with Gasteiger partial charge in [0, 0.05) is 43.6 Å². The molecule has 0 saturated carbocycles. The Kier molecular flexibility index (Phi) is 5.34. The van der Waals surface area contributed by atoms with Crippen molar-refractivity contribution in [2.75, 3.05) is 38.2 Å². The van der Waals surface area contributed by atoms with Crippen LogP contribution in [-0.4, -0.2) is 53.1 Å². The Balaban J connectivity index is 1.76. The zero-order valence-corrected chi connectivity index (χ0v) is 12.0. The largest absolute Gasteiger partial charge is 0.379 e. The summed E-state index contributed by atoms with van der Waals surface area (Å²) in [7, 11) is 0. The van der Waals surface area contributed by atoms with E-state index in [0.717, 1.165) is 56.6 Å². The fraction of sp³-hybridized carbons (Fsp3) is 0.833. The van der Waals surface area contributed by atoms with Crippen molar-refractivity contribution >= 4 is 16.7 Å². The van der Waals surface area contributed by atoms with Crippen LogP contribution in [0.2, 0.25) is 0 Å². The highest BCUT2D eigenvalue weighted by Crippen LogP contribution is 2.13. The fourth-order valence-corrected chi connectivity index (χ4v) is 2.79. The van der Waals surface area contributed by atoms with Gasteiger partial charge in [-0.1, -0.05) is 6.92 Å². The van der Waals surface area contributed by atoms with Gasteiger partial charge in [0.05, 0.1) is 13.2 Å². The van der Waals surface area contributed by atoms with Crippen LogP contribution >= 0.6 is 11.5 Å². The highest BCUT2D eigenvalue weighted by molar-refractivity contribution is 7.09. The van der Waals surface area contributed by atoms with Gasteiger partial charge in [0.15, 0.2) is 0 Å². The van der Waals surface area contributed by atoms with E-state index in [1.807, 2.05) is 0 Å². The lowest BCUT2D eigenvalue weighted by atomic mass is 10.3.